The number of nitrogens with zero attached hydrogens (tertiary/aromatic N) is 1. The Labute approximate surface area is 80.3 Å². The Morgan fingerprint density at radius 2 is 2.08 bits per heavy atom. The van der Waals surface area contributed by atoms with Crippen LogP contribution in [0.1, 0.15) is 32.1 Å². The van der Waals surface area contributed by atoms with Gasteiger partial charge in [0.1, 0.15) is 0 Å². The fourth-order valence-corrected chi connectivity index (χ4v) is 2.00. The standard InChI is InChI=1S/C10H20N2O/c1-12(10(13)6-7-11)8-9-4-2-3-5-9/h9H,2-8,11H2,1H3. The van der Waals surface area contributed by atoms with Gasteiger partial charge < -0.3 is 10.6 Å². The Morgan fingerprint density at radius 3 is 2.62 bits per heavy atom. The molecule has 13 heavy (non-hydrogen) atoms. The molecule has 1 rings (SSSR count). The maximum atomic E-state index is 11.4. The SMILES string of the molecule is CN(CC1CCCC1)C(=O)CCN. The summed E-state index contributed by atoms with van der Waals surface area (Å²) < 4.78 is 0. The molecule has 0 aliphatic heterocycles. The van der Waals surface area contributed by atoms with Gasteiger partial charge in [0.05, 0.1) is 0 Å². The highest BCUT2D eigenvalue weighted by molar-refractivity contribution is 5.76. The van der Waals surface area contributed by atoms with Gasteiger partial charge in [-0.1, -0.05) is 12.8 Å². The van der Waals surface area contributed by atoms with Gasteiger partial charge in [-0.25, -0.2) is 0 Å². The molecule has 0 unspecified atom stereocenters. The van der Waals surface area contributed by atoms with Crippen LogP contribution in [0, 0.1) is 5.92 Å². The van der Waals surface area contributed by atoms with Crippen molar-refractivity contribution < 1.29 is 4.79 Å². The molecule has 0 atom stereocenters. The second-order valence-corrected chi connectivity index (χ2v) is 3.96. The molecule has 1 amide bonds. The van der Waals surface area contributed by atoms with Crippen molar-refractivity contribution in [1.29, 1.82) is 0 Å². The Kier molecular flexibility index (Phi) is 4.22. The first-order valence-corrected chi connectivity index (χ1v) is 5.18. The molecule has 3 nitrogen and oxygen atoms in total. The van der Waals surface area contributed by atoms with Crippen LogP contribution >= 0.6 is 0 Å². The predicted molar refractivity (Wildman–Crippen MR) is 53.3 cm³/mol. The van der Waals surface area contributed by atoms with E-state index in [9.17, 15) is 4.79 Å². The first-order valence-electron chi connectivity index (χ1n) is 5.18. The van der Waals surface area contributed by atoms with Crippen LogP contribution < -0.4 is 5.73 Å². The maximum absolute atomic E-state index is 11.4. The Balaban J connectivity index is 2.22. The average Bonchev–Trinajstić information content (AvgIpc) is 2.57. The van der Waals surface area contributed by atoms with Gasteiger partial charge in [-0.3, -0.25) is 4.79 Å². The van der Waals surface area contributed by atoms with E-state index < -0.39 is 0 Å². The van der Waals surface area contributed by atoms with Crippen LogP contribution in [0.4, 0.5) is 0 Å². The largest absolute Gasteiger partial charge is 0.345 e. The third kappa shape index (κ3) is 3.35. The number of amides is 1. The Hall–Kier alpha value is -0.570. The lowest BCUT2D eigenvalue weighted by Gasteiger charge is -2.20. The summed E-state index contributed by atoms with van der Waals surface area (Å²) in [7, 11) is 1.89. The van der Waals surface area contributed by atoms with Crippen molar-refractivity contribution in [2.45, 2.75) is 32.1 Å². The van der Waals surface area contributed by atoms with Crippen molar-refractivity contribution in [3.8, 4) is 0 Å². The van der Waals surface area contributed by atoms with E-state index in [0.29, 0.717) is 13.0 Å². The van der Waals surface area contributed by atoms with E-state index in [0.717, 1.165) is 12.5 Å². The van der Waals surface area contributed by atoms with E-state index in [1.165, 1.54) is 25.7 Å². The molecule has 2 N–H and O–H groups in total. The summed E-state index contributed by atoms with van der Waals surface area (Å²) in [5.41, 5.74) is 5.33. The molecule has 0 aromatic carbocycles. The molecule has 1 fully saturated rings. The zero-order valence-electron chi connectivity index (χ0n) is 8.46. The molecule has 1 aliphatic rings. The minimum absolute atomic E-state index is 0.189. The van der Waals surface area contributed by atoms with Gasteiger partial charge in [0.2, 0.25) is 5.91 Å². The molecule has 1 saturated carbocycles. The fraction of sp³-hybridized carbons (Fsp3) is 0.900. The second kappa shape index (κ2) is 5.22. The summed E-state index contributed by atoms with van der Waals surface area (Å²) in [5, 5.41) is 0. The van der Waals surface area contributed by atoms with Crippen molar-refractivity contribution in [3.63, 3.8) is 0 Å². The zero-order chi connectivity index (χ0) is 9.68. The monoisotopic (exact) mass is 184 g/mol. The third-order valence-corrected chi connectivity index (χ3v) is 2.79. The van der Waals surface area contributed by atoms with Crippen molar-refractivity contribution in [2.75, 3.05) is 20.1 Å². The fourth-order valence-electron chi connectivity index (χ4n) is 2.00. The molecule has 0 radical (unpaired) electrons. The van der Waals surface area contributed by atoms with Gasteiger partial charge in [0, 0.05) is 26.6 Å². The zero-order valence-corrected chi connectivity index (χ0v) is 8.46. The molecule has 1 aliphatic carbocycles. The van der Waals surface area contributed by atoms with Gasteiger partial charge in [-0.05, 0) is 18.8 Å². The highest BCUT2D eigenvalue weighted by atomic mass is 16.2. The Bertz CT molecular complexity index is 164. The molecule has 0 saturated heterocycles. The molecule has 3 heteroatoms. The van der Waals surface area contributed by atoms with Gasteiger partial charge >= 0.3 is 0 Å². The number of hydrogen-bond donors (Lipinski definition) is 1. The van der Waals surface area contributed by atoms with E-state index in [1.54, 1.807) is 0 Å². The summed E-state index contributed by atoms with van der Waals surface area (Å²) >= 11 is 0. The van der Waals surface area contributed by atoms with Gasteiger partial charge in [0.25, 0.3) is 0 Å². The summed E-state index contributed by atoms with van der Waals surface area (Å²) in [6, 6.07) is 0. The van der Waals surface area contributed by atoms with Crippen LogP contribution in [0.5, 0.6) is 0 Å². The molecule has 0 aromatic heterocycles. The summed E-state index contributed by atoms with van der Waals surface area (Å²) in [6.45, 7) is 1.40. The van der Waals surface area contributed by atoms with Crippen molar-refractivity contribution in [3.05, 3.63) is 0 Å². The summed E-state index contributed by atoms with van der Waals surface area (Å²) in [6.07, 6.45) is 5.75. The van der Waals surface area contributed by atoms with Crippen LogP contribution in [0.2, 0.25) is 0 Å². The minimum Gasteiger partial charge on any atom is -0.345 e. The first kappa shape index (κ1) is 10.5. The van der Waals surface area contributed by atoms with Crippen molar-refractivity contribution >= 4 is 5.91 Å². The summed E-state index contributed by atoms with van der Waals surface area (Å²) in [5.74, 6) is 0.932. The quantitative estimate of drug-likeness (QED) is 0.708. The molecule has 0 spiro atoms. The average molecular weight is 184 g/mol. The second-order valence-electron chi connectivity index (χ2n) is 3.96. The highest BCUT2D eigenvalue weighted by Gasteiger charge is 2.18. The van der Waals surface area contributed by atoms with E-state index in [4.69, 9.17) is 5.73 Å². The van der Waals surface area contributed by atoms with Crippen LogP contribution in [-0.4, -0.2) is 30.9 Å². The van der Waals surface area contributed by atoms with E-state index in [-0.39, 0.29) is 5.91 Å². The number of carbonyl (C=O) groups excluding carboxylic acids is 1. The van der Waals surface area contributed by atoms with E-state index in [2.05, 4.69) is 0 Å². The molecular formula is C10H20N2O. The van der Waals surface area contributed by atoms with Gasteiger partial charge in [0.15, 0.2) is 0 Å². The smallest absolute Gasteiger partial charge is 0.223 e. The maximum Gasteiger partial charge on any atom is 0.223 e. The molecular weight excluding hydrogens is 164 g/mol. The van der Waals surface area contributed by atoms with E-state index >= 15 is 0 Å². The van der Waals surface area contributed by atoms with Crippen molar-refractivity contribution in [2.24, 2.45) is 11.7 Å². The highest BCUT2D eigenvalue weighted by Crippen LogP contribution is 2.25. The summed E-state index contributed by atoms with van der Waals surface area (Å²) in [4.78, 5) is 13.2. The van der Waals surface area contributed by atoms with Crippen LogP contribution in [0.3, 0.4) is 0 Å². The minimum atomic E-state index is 0.189. The number of hydrogen-bond acceptors (Lipinski definition) is 2. The van der Waals surface area contributed by atoms with Crippen LogP contribution in [0.15, 0.2) is 0 Å². The van der Waals surface area contributed by atoms with Gasteiger partial charge in [-0.15, -0.1) is 0 Å². The predicted octanol–water partition coefficient (Wildman–Crippen LogP) is 0.984. The van der Waals surface area contributed by atoms with Crippen LogP contribution in [0.25, 0.3) is 0 Å². The van der Waals surface area contributed by atoms with Crippen molar-refractivity contribution in [1.82, 2.24) is 4.90 Å². The van der Waals surface area contributed by atoms with Crippen LogP contribution in [-0.2, 0) is 4.79 Å². The van der Waals surface area contributed by atoms with E-state index in [1.807, 2.05) is 11.9 Å². The molecule has 76 valence electrons. The molecule has 0 aromatic rings. The molecule has 0 bridgehead atoms. The lowest BCUT2D eigenvalue weighted by Crippen LogP contribution is -2.32. The number of carbonyl (C=O) groups is 1. The Morgan fingerprint density at radius 1 is 1.46 bits per heavy atom. The van der Waals surface area contributed by atoms with Gasteiger partial charge in [-0.2, -0.15) is 0 Å². The third-order valence-electron chi connectivity index (χ3n) is 2.79. The lowest BCUT2D eigenvalue weighted by atomic mass is 10.1. The topological polar surface area (TPSA) is 46.3 Å². The normalized spacial score (nSPS) is 17.7. The first-order chi connectivity index (χ1) is 6.24. The molecule has 0 heterocycles. The lowest BCUT2D eigenvalue weighted by molar-refractivity contribution is -0.130. The number of rotatable bonds is 4. The number of nitrogens with two attached hydrogens (primary N) is 1.